The third kappa shape index (κ3) is 5.09. The Morgan fingerprint density at radius 3 is 1.42 bits per heavy atom. The Morgan fingerprint density at radius 1 is 0.645 bits per heavy atom. The molecule has 0 amide bonds. The zero-order chi connectivity index (χ0) is 22.4. The van der Waals surface area contributed by atoms with Crippen molar-refractivity contribution in [3.63, 3.8) is 0 Å². The summed E-state index contributed by atoms with van der Waals surface area (Å²) in [6.07, 6.45) is 10.5. The fraction of sp³-hybridized carbons (Fsp3) is 0.538. The Morgan fingerprint density at radius 2 is 1.06 bits per heavy atom. The molecule has 0 atom stereocenters. The molecule has 2 aromatic carbocycles. The molecule has 1 aliphatic rings. The second-order valence-corrected chi connectivity index (χ2v) is 14.7. The van der Waals surface area contributed by atoms with E-state index in [1.165, 1.54) is 74.6 Å². The quantitative estimate of drug-likeness (QED) is 0.191. The van der Waals surface area contributed by atoms with E-state index in [1.807, 2.05) is 0 Å². The van der Waals surface area contributed by atoms with Crippen LogP contribution >= 0.6 is 31.9 Å². The van der Waals surface area contributed by atoms with Crippen molar-refractivity contribution in [1.29, 1.82) is 0 Å². The van der Waals surface area contributed by atoms with Gasteiger partial charge in [-0.1, -0.05) is 65.2 Å². The molecule has 0 aromatic heterocycles. The van der Waals surface area contributed by atoms with E-state index in [1.54, 1.807) is 24.6 Å². The van der Waals surface area contributed by atoms with Gasteiger partial charge in [0, 0.05) is 0 Å². The Kier molecular flexibility index (Phi) is 9.12. The number of hydrogen-bond donors (Lipinski definition) is 0. The van der Waals surface area contributed by atoms with Crippen LogP contribution in [0.2, 0.25) is 12.1 Å². The van der Waals surface area contributed by atoms with E-state index in [4.69, 9.17) is 9.47 Å². The lowest BCUT2D eigenvalue weighted by Crippen LogP contribution is -2.55. The van der Waals surface area contributed by atoms with Crippen LogP contribution in [0.3, 0.4) is 0 Å². The van der Waals surface area contributed by atoms with Gasteiger partial charge in [-0.05, 0) is 89.7 Å². The van der Waals surface area contributed by atoms with Crippen molar-refractivity contribution in [2.75, 3.05) is 14.2 Å². The van der Waals surface area contributed by atoms with Crippen molar-refractivity contribution in [3.8, 4) is 22.6 Å². The van der Waals surface area contributed by atoms with Gasteiger partial charge in [-0.3, -0.25) is 0 Å². The number of halogens is 2. The number of hydrogen-bond acceptors (Lipinski definition) is 2. The van der Waals surface area contributed by atoms with Crippen LogP contribution in [0.4, 0.5) is 0 Å². The molecule has 0 radical (unpaired) electrons. The first-order valence-corrected chi connectivity index (χ1v) is 15.8. The number of rotatable bonds is 12. The highest BCUT2D eigenvalue weighted by molar-refractivity contribution is 9.11. The van der Waals surface area contributed by atoms with Crippen molar-refractivity contribution in [1.82, 2.24) is 0 Å². The molecule has 0 unspecified atom stereocenters. The summed E-state index contributed by atoms with van der Waals surface area (Å²) in [6.45, 7) is 4.59. The van der Waals surface area contributed by atoms with Gasteiger partial charge in [0.05, 0.1) is 23.2 Å². The van der Waals surface area contributed by atoms with Gasteiger partial charge < -0.3 is 9.47 Å². The minimum absolute atomic E-state index is 0.911. The van der Waals surface area contributed by atoms with Crippen molar-refractivity contribution < 1.29 is 9.47 Å². The van der Waals surface area contributed by atoms with Crippen LogP contribution in [0.5, 0.6) is 11.5 Å². The van der Waals surface area contributed by atoms with Crippen molar-refractivity contribution in [3.05, 3.63) is 33.2 Å². The van der Waals surface area contributed by atoms with E-state index < -0.39 is 8.07 Å². The highest BCUT2D eigenvalue weighted by Crippen LogP contribution is 2.42. The summed E-state index contributed by atoms with van der Waals surface area (Å²) in [6, 6.07) is 11.9. The highest BCUT2D eigenvalue weighted by Gasteiger charge is 2.45. The lowest BCUT2D eigenvalue weighted by molar-refractivity contribution is 0.412. The maximum atomic E-state index is 5.69. The molecule has 0 aliphatic carbocycles. The first kappa shape index (κ1) is 24.9. The van der Waals surface area contributed by atoms with Crippen LogP contribution in [-0.2, 0) is 0 Å². The summed E-state index contributed by atoms with van der Waals surface area (Å²) in [5.41, 5.74) is 2.72. The van der Waals surface area contributed by atoms with Crippen LogP contribution in [0.15, 0.2) is 33.2 Å². The summed E-state index contributed by atoms with van der Waals surface area (Å²) < 4.78 is 13.5. The zero-order valence-electron chi connectivity index (χ0n) is 19.5. The van der Waals surface area contributed by atoms with E-state index in [-0.39, 0.29) is 0 Å². The number of benzene rings is 2. The molecule has 2 nitrogen and oxygen atoms in total. The van der Waals surface area contributed by atoms with Crippen LogP contribution in [0.25, 0.3) is 11.1 Å². The molecular formula is C26H36Br2O2Si. The van der Waals surface area contributed by atoms with Crippen LogP contribution in [-0.4, -0.2) is 22.3 Å². The smallest absolute Gasteiger partial charge is 0.133 e. The number of fused-ring (bicyclic) bond motifs is 3. The maximum Gasteiger partial charge on any atom is 0.133 e. The van der Waals surface area contributed by atoms with Crippen molar-refractivity contribution >= 4 is 50.3 Å². The normalized spacial score (nSPS) is 13.7. The second-order valence-electron chi connectivity index (χ2n) is 8.77. The van der Waals surface area contributed by atoms with Crippen LogP contribution in [0.1, 0.15) is 65.2 Å². The predicted molar refractivity (Wildman–Crippen MR) is 143 cm³/mol. The Hall–Kier alpha value is -0.783. The van der Waals surface area contributed by atoms with Gasteiger partial charge in [0.15, 0.2) is 0 Å². The minimum Gasteiger partial charge on any atom is -0.496 e. The lowest BCUT2D eigenvalue weighted by atomic mass is 10.1. The molecule has 170 valence electrons. The van der Waals surface area contributed by atoms with Gasteiger partial charge in [-0.15, -0.1) is 0 Å². The third-order valence-corrected chi connectivity index (χ3v) is 13.4. The fourth-order valence-corrected chi connectivity index (χ4v) is 12.2. The third-order valence-electron chi connectivity index (χ3n) is 6.82. The minimum atomic E-state index is -1.88. The van der Waals surface area contributed by atoms with Crippen LogP contribution < -0.4 is 19.8 Å². The number of unbranched alkanes of at least 4 members (excludes halogenated alkanes) is 6. The molecule has 1 aliphatic heterocycles. The topological polar surface area (TPSA) is 18.5 Å². The van der Waals surface area contributed by atoms with E-state index in [0.717, 1.165) is 20.4 Å². The van der Waals surface area contributed by atoms with Crippen molar-refractivity contribution in [2.24, 2.45) is 0 Å². The molecule has 0 fully saturated rings. The molecule has 3 rings (SSSR count). The maximum absolute atomic E-state index is 5.69. The summed E-state index contributed by atoms with van der Waals surface area (Å²) in [5.74, 6) is 1.82. The van der Waals surface area contributed by atoms with E-state index in [2.05, 4.69) is 70.0 Å². The van der Waals surface area contributed by atoms with Crippen LogP contribution in [0, 0.1) is 0 Å². The molecule has 0 N–H and O–H groups in total. The summed E-state index contributed by atoms with van der Waals surface area (Å²) in [4.78, 5) is 0. The highest BCUT2D eigenvalue weighted by atomic mass is 79.9. The molecular weight excluding hydrogens is 532 g/mol. The van der Waals surface area contributed by atoms with Gasteiger partial charge >= 0.3 is 0 Å². The Balaban J connectivity index is 2.15. The van der Waals surface area contributed by atoms with Crippen molar-refractivity contribution in [2.45, 2.75) is 77.3 Å². The molecule has 0 bridgehead atoms. The molecule has 5 heteroatoms. The van der Waals surface area contributed by atoms with Gasteiger partial charge in [-0.2, -0.15) is 0 Å². The SMILES string of the molecule is CCCCCC[Si]1(CCCCCC)c2cc(Br)c(OC)cc2-c2cc(OC)c(Br)cc21. The monoisotopic (exact) mass is 566 g/mol. The number of ether oxygens (including phenoxy) is 2. The first-order chi connectivity index (χ1) is 15.0. The average molecular weight is 568 g/mol. The second kappa shape index (κ2) is 11.4. The molecule has 0 saturated heterocycles. The first-order valence-electron chi connectivity index (χ1n) is 11.8. The number of methoxy groups -OCH3 is 2. The standard InChI is InChI=1S/C26H36Br2O2Si/c1-5-7-9-11-13-31(14-12-10-8-6-2)25-17-21(27)23(29-3)15-19(25)20-16-24(30-4)22(28)18-26(20)31/h15-18H,5-14H2,1-4H3. The summed E-state index contributed by atoms with van der Waals surface area (Å²) in [7, 11) is 1.63. The van der Waals surface area contributed by atoms with Gasteiger partial charge in [0.1, 0.15) is 19.6 Å². The molecule has 31 heavy (non-hydrogen) atoms. The molecule has 0 saturated carbocycles. The largest absolute Gasteiger partial charge is 0.496 e. The zero-order valence-corrected chi connectivity index (χ0v) is 23.6. The predicted octanol–water partition coefficient (Wildman–Crippen LogP) is 7.93. The van der Waals surface area contributed by atoms with E-state index >= 15 is 0 Å². The summed E-state index contributed by atoms with van der Waals surface area (Å²) >= 11 is 7.60. The van der Waals surface area contributed by atoms with E-state index in [9.17, 15) is 0 Å². The fourth-order valence-electron chi connectivity index (χ4n) is 5.17. The Bertz CT molecular complexity index is 824. The average Bonchev–Trinajstić information content (AvgIpc) is 3.01. The lowest BCUT2D eigenvalue weighted by Gasteiger charge is -2.31. The summed E-state index contributed by atoms with van der Waals surface area (Å²) in [5, 5.41) is 3.17. The van der Waals surface area contributed by atoms with Gasteiger partial charge in [-0.25, -0.2) is 0 Å². The van der Waals surface area contributed by atoms with E-state index in [0.29, 0.717) is 0 Å². The molecule has 0 spiro atoms. The van der Waals surface area contributed by atoms with Gasteiger partial charge in [0.25, 0.3) is 0 Å². The molecule has 1 heterocycles. The van der Waals surface area contributed by atoms with Gasteiger partial charge in [0.2, 0.25) is 0 Å². The Labute approximate surface area is 206 Å². The molecule has 2 aromatic rings.